The molecule has 0 bridgehead atoms. The first-order valence-corrected chi connectivity index (χ1v) is 11.7. The molecule has 4 rings (SSSR count). The molecule has 36 heavy (non-hydrogen) atoms. The van der Waals surface area contributed by atoms with Gasteiger partial charge in [-0.25, -0.2) is 0 Å². The van der Waals surface area contributed by atoms with Gasteiger partial charge in [-0.05, 0) is 42.2 Å². The Bertz CT molecular complexity index is 1040. The average molecular weight is 509 g/mol. The van der Waals surface area contributed by atoms with Gasteiger partial charge in [0.05, 0.1) is 26.2 Å². The molecule has 2 heterocycles. The van der Waals surface area contributed by atoms with E-state index in [0.717, 1.165) is 5.56 Å². The number of rotatable bonds is 9. The van der Waals surface area contributed by atoms with Gasteiger partial charge in [0.25, 0.3) is 0 Å². The number of aryl methyl sites for hydroxylation is 1. The third kappa shape index (κ3) is 4.96. The molecule has 7 N–H and O–H groups in total. The Morgan fingerprint density at radius 1 is 0.917 bits per heavy atom. The molecule has 2 aliphatic rings. The molecular weight excluding hydrogens is 476 g/mol. The lowest BCUT2D eigenvalue weighted by Crippen LogP contribution is -2.60. The molecule has 1 saturated heterocycles. The predicted molar refractivity (Wildman–Crippen MR) is 124 cm³/mol. The number of fused-ring (bicyclic) bond motifs is 1. The van der Waals surface area contributed by atoms with E-state index in [2.05, 4.69) is 0 Å². The van der Waals surface area contributed by atoms with Crippen molar-refractivity contribution in [2.24, 2.45) is 0 Å². The number of hydrogen-bond donors (Lipinski definition) is 7. The summed E-state index contributed by atoms with van der Waals surface area (Å²) in [6.45, 7) is -0.804. The number of benzene rings is 2. The second kappa shape index (κ2) is 11.2. The molecule has 0 saturated carbocycles. The van der Waals surface area contributed by atoms with Crippen molar-refractivity contribution in [3.63, 3.8) is 0 Å². The van der Waals surface area contributed by atoms with Crippen molar-refractivity contribution in [2.45, 2.75) is 55.6 Å². The molecule has 0 aromatic heterocycles. The van der Waals surface area contributed by atoms with Gasteiger partial charge in [0.15, 0.2) is 23.0 Å². The number of hydrogen-bond acceptors (Lipinski definition) is 11. The molecular formula is C25H32O11. The van der Waals surface area contributed by atoms with Crippen molar-refractivity contribution >= 4 is 0 Å². The summed E-state index contributed by atoms with van der Waals surface area (Å²) in [6, 6.07) is 8.29. The van der Waals surface area contributed by atoms with E-state index < -0.39 is 49.3 Å². The van der Waals surface area contributed by atoms with Crippen LogP contribution in [0.4, 0.5) is 0 Å². The van der Waals surface area contributed by atoms with E-state index in [4.69, 9.17) is 24.1 Å². The van der Waals surface area contributed by atoms with Crippen molar-refractivity contribution in [1.29, 1.82) is 0 Å². The van der Waals surface area contributed by atoms with Crippen LogP contribution in [0.1, 0.15) is 35.1 Å². The van der Waals surface area contributed by atoms with Crippen LogP contribution in [0, 0.1) is 0 Å². The predicted octanol–water partition coefficient (Wildman–Crippen LogP) is -0.286. The summed E-state index contributed by atoms with van der Waals surface area (Å²) in [6.07, 6.45) is -6.71. The number of aromatic hydroxyl groups is 1. The molecule has 0 amide bonds. The van der Waals surface area contributed by atoms with Gasteiger partial charge in [0.1, 0.15) is 30.5 Å². The summed E-state index contributed by atoms with van der Waals surface area (Å²) >= 11 is 0. The molecule has 0 radical (unpaired) electrons. The number of phenolic OH excluding ortho intramolecular Hbond substituents is 1. The number of methoxy groups -OCH3 is 1. The summed E-state index contributed by atoms with van der Waals surface area (Å²) in [5.41, 5.74) is 2.11. The van der Waals surface area contributed by atoms with Gasteiger partial charge in [-0.2, -0.15) is 0 Å². The van der Waals surface area contributed by atoms with Gasteiger partial charge in [-0.1, -0.05) is 12.1 Å². The summed E-state index contributed by atoms with van der Waals surface area (Å²) in [4.78, 5) is 0. The van der Waals surface area contributed by atoms with Crippen LogP contribution in [0.2, 0.25) is 0 Å². The van der Waals surface area contributed by atoms with E-state index in [1.165, 1.54) is 7.11 Å². The maximum atomic E-state index is 10.5. The third-order valence-electron chi connectivity index (χ3n) is 6.60. The summed E-state index contributed by atoms with van der Waals surface area (Å²) in [5.74, 6) is 0.176. The SMILES string of the molecule is COc1cc([C@@H]2Oc3c(O)cc(CCCO)cc3[C@H]2CO)ccc1O[C@H]1O[C@@H](CO)[C@H](O)[C@@H](O)[C@@H]1O. The van der Waals surface area contributed by atoms with E-state index in [9.17, 15) is 30.6 Å². The topological polar surface area (TPSA) is 179 Å². The van der Waals surface area contributed by atoms with Gasteiger partial charge in [0, 0.05) is 12.2 Å². The van der Waals surface area contributed by atoms with Crippen molar-refractivity contribution in [1.82, 2.24) is 0 Å². The highest BCUT2D eigenvalue weighted by molar-refractivity contribution is 5.55. The van der Waals surface area contributed by atoms with Gasteiger partial charge in [-0.3, -0.25) is 0 Å². The van der Waals surface area contributed by atoms with Gasteiger partial charge in [-0.15, -0.1) is 0 Å². The lowest BCUT2D eigenvalue weighted by molar-refractivity contribution is -0.277. The van der Waals surface area contributed by atoms with Crippen molar-refractivity contribution in [3.05, 3.63) is 47.0 Å². The summed E-state index contributed by atoms with van der Waals surface area (Å²) < 4.78 is 22.6. The minimum Gasteiger partial charge on any atom is -0.504 e. The van der Waals surface area contributed by atoms with Crippen LogP contribution >= 0.6 is 0 Å². The van der Waals surface area contributed by atoms with Crippen LogP contribution in [-0.2, 0) is 11.2 Å². The molecule has 0 unspecified atom stereocenters. The molecule has 2 aromatic rings. The lowest BCUT2D eigenvalue weighted by Gasteiger charge is -2.39. The monoisotopic (exact) mass is 508 g/mol. The number of ether oxygens (including phenoxy) is 4. The van der Waals surface area contributed by atoms with E-state index in [1.54, 1.807) is 24.3 Å². The Balaban J connectivity index is 1.58. The Labute approximate surface area is 207 Å². The van der Waals surface area contributed by atoms with Gasteiger partial charge >= 0.3 is 0 Å². The molecule has 2 aromatic carbocycles. The molecule has 7 atom stereocenters. The number of phenols is 1. The minimum atomic E-state index is -1.59. The van der Waals surface area contributed by atoms with E-state index in [1.807, 2.05) is 6.07 Å². The standard InChI is InChI=1S/C25H32O11/c1-33-18-9-13(4-5-17(18)34-25-22(32)21(31)20(30)19(11-28)35-25)23-15(10-27)14-7-12(3-2-6-26)8-16(29)24(14)36-23/h4-5,7-9,15,19-23,25-32H,2-3,6,10-11H2,1H3/t15-,19+,20+,21-,22+,23+,25+/m1/s1. The largest absolute Gasteiger partial charge is 0.504 e. The van der Waals surface area contributed by atoms with Gasteiger partial charge < -0.3 is 54.7 Å². The lowest BCUT2D eigenvalue weighted by atomic mass is 9.90. The Hall–Kier alpha value is -2.64. The maximum Gasteiger partial charge on any atom is 0.229 e. The maximum absolute atomic E-state index is 10.5. The Morgan fingerprint density at radius 3 is 2.36 bits per heavy atom. The first-order valence-electron chi connectivity index (χ1n) is 11.7. The number of aliphatic hydroxyl groups excluding tert-OH is 6. The highest BCUT2D eigenvalue weighted by atomic mass is 16.7. The smallest absolute Gasteiger partial charge is 0.229 e. The molecule has 1 fully saturated rings. The van der Waals surface area contributed by atoms with Crippen LogP contribution in [0.25, 0.3) is 0 Å². The normalized spacial score (nSPS) is 29.5. The fraction of sp³-hybridized carbons (Fsp3) is 0.520. The van der Waals surface area contributed by atoms with Crippen molar-refractivity contribution in [2.75, 3.05) is 26.9 Å². The van der Waals surface area contributed by atoms with Crippen molar-refractivity contribution < 1.29 is 54.7 Å². The molecule has 0 aliphatic carbocycles. The molecule has 2 aliphatic heterocycles. The second-order valence-electron chi connectivity index (χ2n) is 8.91. The van der Waals surface area contributed by atoms with E-state index in [-0.39, 0.29) is 36.2 Å². The van der Waals surface area contributed by atoms with Crippen LogP contribution in [0.3, 0.4) is 0 Å². The van der Waals surface area contributed by atoms with E-state index >= 15 is 0 Å². The Kier molecular flexibility index (Phi) is 8.20. The summed E-state index contributed by atoms with van der Waals surface area (Å²) in [5, 5.41) is 69.4. The third-order valence-corrected chi connectivity index (χ3v) is 6.60. The Morgan fingerprint density at radius 2 is 1.69 bits per heavy atom. The quantitative estimate of drug-likeness (QED) is 0.237. The van der Waals surface area contributed by atoms with Gasteiger partial charge in [0.2, 0.25) is 6.29 Å². The molecule has 0 spiro atoms. The van der Waals surface area contributed by atoms with Crippen LogP contribution in [0.15, 0.2) is 30.3 Å². The second-order valence-corrected chi connectivity index (χ2v) is 8.91. The fourth-order valence-corrected chi connectivity index (χ4v) is 4.64. The molecule has 11 nitrogen and oxygen atoms in total. The molecule has 198 valence electrons. The zero-order valence-corrected chi connectivity index (χ0v) is 19.7. The summed E-state index contributed by atoms with van der Waals surface area (Å²) in [7, 11) is 1.41. The molecule has 11 heteroatoms. The van der Waals surface area contributed by atoms with Crippen LogP contribution < -0.4 is 14.2 Å². The zero-order valence-electron chi connectivity index (χ0n) is 19.7. The zero-order chi connectivity index (χ0) is 26.0. The first kappa shape index (κ1) is 26.4. The number of aliphatic hydroxyl groups is 6. The highest BCUT2D eigenvalue weighted by Crippen LogP contribution is 2.51. The minimum absolute atomic E-state index is 0.0255. The fourth-order valence-electron chi connectivity index (χ4n) is 4.64. The van der Waals surface area contributed by atoms with Crippen LogP contribution in [-0.4, -0.2) is 93.4 Å². The first-order chi connectivity index (χ1) is 17.3. The highest BCUT2D eigenvalue weighted by Gasteiger charge is 2.45. The van der Waals surface area contributed by atoms with Crippen LogP contribution in [0.5, 0.6) is 23.0 Å². The van der Waals surface area contributed by atoms with E-state index in [0.29, 0.717) is 24.0 Å². The van der Waals surface area contributed by atoms with Crippen molar-refractivity contribution in [3.8, 4) is 23.0 Å². The average Bonchev–Trinajstić information content (AvgIpc) is 3.27.